The Balaban J connectivity index is 0.000000121. The normalized spacial score (nSPS) is 12.6. The van der Waals surface area contributed by atoms with Crippen LogP contribution in [-0.2, 0) is 0 Å². The van der Waals surface area contributed by atoms with Crippen molar-refractivity contribution in [3.8, 4) is 44.5 Å². The van der Waals surface area contributed by atoms with Crippen LogP contribution >= 0.6 is 0 Å². The van der Waals surface area contributed by atoms with Crippen LogP contribution in [0.15, 0.2) is 315 Å². The Bertz CT molecular complexity index is 7000. The van der Waals surface area contributed by atoms with Crippen LogP contribution < -0.4 is 0 Å². The molecular weight excluding hydrogens is 1150 g/mol. The van der Waals surface area contributed by atoms with E-state index >= 15 is 0 Å². The molecule has 0 heterocycles. The van der Waals surface area contributed by atoms with Crippen molar-refractivity contribution < 1.29 is 0 Å². The van der Waals surface area contributed by atoms with Crippen molar-refractivity contribution in [2.75, 3.05) is 0 Å². The molecule has 24 aromatic rings. The van der Waals surface area contributed by atoms with Crippen LogP contribution in [0, 0.1) is 0 Å². The summed E-state index contributed by atoms with van der Waals surface area (Å²) in [5, 5.41) is 47.6. The van der Waals surface area contributed by atoms with Gasteiger partial charge in [-0.1, -0.05) is 279 Å². The summed E-state index contributed by atoms with van der Waals surface area (Å²) in [5.74, 6) is 0. The Hall–Kier alpha value is -12.5. The maximum Gasteiger partial charge on any atom is -0.00203 e. The minimum Gasteiger partial charge on any atom is -0.0610 e. The Kier molecular flexibility index (Phi) is 9.92. The van der Waals surface area contributed by atoms with Gasteiger partial charge in [-0.2, -0.15) is 0 Å². The van der Waals surface area contributed by atoms with Gasteiger partial charge < -0.3 is 0 Å². The third kappa shape index (κ3) is 6.91. The Morgan fingerprint density at radius 3 is 0.490 bits per heavy atom. The maximum absolute atomic E-state index is 2.40. The molecule has 0 saturated carbocycles. The summed E-state index contributed by atoms with van der Waals surface area (Å²) in [6.45, 7) is 0. The SMILES string of the molecule is c1cc2ccc3cc(-c4ccc5ccc6c(-c7cc8ccc9cccc%10ccc(c7)c8c9%10)ccc7ccc4c5c76)cc4ccc(c1)c2c34.c1cc2ccc3cc(-c4ccc5ccc6c(-c7ccc8ccc9cccc%10ccc7c8c9%10)ccc7ccc4c5c76)cc4ccc(c1)c2c34. The third-order valence-corrected chi connectivity index (χ3v) is 22.5. The molecule has 0 amide bonds. The summed E-state index contributed by atoms with van der Waals surface area (Å²) < 4.78 is 0. The Labute approximate surface area is 550 Å². The second-order valence-corrected chi connectivity index (χ2v) is 27.3. The maximum atomic E-state index is 2.40. The van der Waals surface area contributed by atoms with E-state index in [0.717, 1.165) is 0 Å². The fourth-order valence-electron chi connectivity index (χ4n) is 18.3. The van der Waals surface area contributed by atoms with Gasteiger partial charge in [-0.15, -0.1) is 0 Å². The van der Waals surface area contributed by atoms with E-state index in [1.165, 1.54) is 238 Å². The fourth-order valence-corrected chi connectivity index (χ4v) is 18.3. The van der Waals surface area contributed by atoms with Crippen LogP contribution in [0.2, 0.25) is 0 Å². The molecule has 0 unspecified atom stereocenters. The summed E-state index contributed by atoms with van der Waals surface area (Å²) in [7, 11) is 0. The molecule has 0 bridgehead atoms. The van der Waals surface area contributed by atoms with E-state index in [1.807, 2.05) is 0 Å². The van der Waals surface area contributed by atoms with Gasteiger partial charge in [0.2, 0.25) is 0 Å². The standard InChI is InChI=1S/2C48H26/c1-3-27-7-11-33-23-37(24-34-12-8-28(4-1)43(27)45(33)34)39-19-15-31-18-22-42-40(20-16-32-17-21-41(39)47(31)48(32)42)38-25-35-13-9-29-5-2-6-30-10-14-36(26-38)46(35)44(29)30;1-3-27-9-11-34-25-36(26-35-12-10-28(4-1)43(27)45(34)35)37-19-13-32-18-24-42-39(21-15-33-17-22-40(37)47(32)48(33)42)38-20-14-31-8-7-29-5-2-6-30-16-23-41(38)46(31)44(29)30/h2*1-26H. The lowest BCUT2D eigenvalue weighted by Gasteiger charge is -2.19. The summed E-state index contributed by atoms with van der Waals surface area (Å²) in [6, 6.07) is 119. The smallest absolute Gasteiger partial charge is 0.00203 e. The first-order valence-corrected chi connectivity index (χ1v) is 33.7. The molecule has 0 radical (unpaired) electrons. The van der Waals surface area contributed by atoms with Crippen molar-refractivity contribution in [3.63, 3.8) is 0 Å². The van der Waals surface area contributed by atoms with E-state index in [9.17, 15) is 0 Å². The number of hydrogen-bond donors (Lipinski definition) is 0. The van der Waals surface area contributed by atoms with Crippen molar-refractivity contribution in [1.29, 1.82) is 0 Å². The molecule has 0 saturated heterocycles. The molecule has 96 heavy (non-hydrogen) atoms. The third-order valence-electron chi connectivity index (χ3n) is 22.5. The van der Waals surface area contributed by atoms with E-state index in [0.29, 0.717) is 0 Å². The molecule has 0 aliphatic carbocycles. The predicted octanol–water partition coefficient (Wildman–Crippen LogP) is 27.4. The van der Waals surface area contributed by atoms with Crippen LogP contribution in [0.25, 0.3) is 238 Å². The molecule has 0 heteroatoms. The minimum atomic E-state index is 1.27. The topological polar surface area (TPSA) is 0 Å². The highest BCUT2D eigenvalue weighted by molar-refractivity contribution is 6.34. The van der Waals surface area contributed by atoms with Gasteiger partial charge in [0.1, 0.15) is 0 Å². The van der Waals surface area contributed by atoms with Crippen molar-refractivity contribution in [2.45, 2.75) is 0 Å². The first-order valence-electron chi connectivity index (χ1n) is 33.7. The van der Waals surface area contributed by atoms with E-state index in [2.05, 4.69) is 315 Å². The van der Waals surface area contributed by atoms with Crippen molar-refractivity contribution in [2.24, 2.45) is 0 Å². The molecule has 0 N–H and O–H groups in total. The zero-order valence-electron chi connectivity index (χ0n) is 52.0. The van der Waals surface area contributed by atoms with Gasteiger partial charge in [0.25, 0.3) is 0 Å². The molecule has 0 aromatic heterocycles. The lowest BCUT2D eigenvalue weighted by atomic mass is 9.84. The molecule has 0 aliphatic rings. The zero-order valence-corrected chi connectivity index (χ0v) is 52.0. The van der Waals surface area contributed by atoms with Crippen molar-refractivity contribution in [1.82, 2.24) is 0 Å². The molecule has 436 valence electrons. The molecule has 0 fully saturated rings. The fraction of sp³-hybridized carbons (Fsp3) is 0. The van der Waals surface area contributed by atoms with Gasteiger partial charge in [-0.3, -0.25) is 0 Å². The summed E-state index contributed by atoms with van der Waals surface area (Å²) >= 11 is 0. The van der Waals surface area contributed by atoms with E-state index < -0.39 is 0 Å². The lowest BCUT2D eigenvalue weighted by Crippen LogP contribution is -1.91. The summed E-state index contributed by atoms with van der Waals surface area (Å²) in [4.78, 5) is 0. The van der Waals surface area contributed by atoms with Crippen LogP contribution in [0.1, 0.15) is 0 Å². The van der Waals surface area contributed by atoms with Gasteiger partial charge in [0.05, 0.1) is 0 Å². The molecule has 0 aliphatic heterocycles. The highest BCUT2D eigenvalue weighted by Gasteiger charge is 2.22. The highest BCUT2D eigenvalue weighted by Crippen LogP contribution is 2.50. The van der Waals surface area contributed by atoms with Crippen molar-refractivity contribution in [3.05, 3.63) is 315 Å². The van der Waals surface area contributed by atoms with Crippen LogP contribution in [0.5, 0.6) is 0 Å². The van der Waals surface area contributed by atoms with E-state index in [-0.39, 0.29) is 0 Å². The predicted molar refractivity (Wildman–Crippen MR) is 417 cm³/mol. The van der Waals surface area contributed by atoms with E-state index in [4.69, 9.17) is 0 Å². The lowest BCUT2D eigenvalue weighted by molar-refractivity contribution is 1.70. The van der Waals surface area contributed by atoms with Gasteiger partial charge in [-0.25, -0.2) is 0 Å². The quantitative estimate of drug-likeness (QED) is 0.154. The van der Waals surface area contributed by atoms with Crippen LogP contribution in [0.3, 0.4) is 0 Å². The van der Waals surface area contributed by atoms with Gasteiger partial charge in [-0.05, 0) is 275 Å². The first kappa shape index (κ1) is 51.1. The average Bonchev–Trinajstić information content (AvgIpc) is 0.736. The molecular formula is C96H52. The monoisotopic (exact) mass is 1200 g/mol. The first-order chi connectivity index (χ1) is 47.5. The largest absolute Gasteiger partial charge is 0.0610 e. The Morgan fingerprint density at radius 1 is 0.104 bits per heavy atom. The van der Waals surface area contributed by atoms with Gasteiger partial charge in [0, 0.05) is 0 Å². The average molecular weight is 1210 g/mol. The van der Waals surface area contributed by atoms with Gasteiger partial charge in [0.15, 0.2) is 0 Å². The van der Waals surface area contributed by atoms with Gasteiger partial charge >= 0.3 is 0 Å². The number of benzene rings is 24. The van der Waals surface area contributed by atoms with Crippen molar-refractivity contribution >= 4 is 194 Å². The molecule has 0 atom stereocenters. The van der Waals surface area contributed by atoms with E-state index in [1.54, 1.807) is 0 Å². The summed E-state index contributed by atoms with van der Waals surface area (Å²) in [6.07, 6.45) is 0. The molecule has 0 spiro atoms. The number of rotatable bonds is 4. The highest BCUT2D eigenvalue weighted by atomic mass is 14.3. The molecule has 24 aromatic carbocycles. The van der Waals surface area contributed by atoms with Crippen LogP contribution in [-0.4, -0.2) is 0 Å². The molecule has 24 rings (SSSR count). The summed E-state index contributed by atoms with van der Waals surface area (Å²) in [5.41, 5.74) is 10.3. The zero-order chi connectivity index (χ0) is 62.2. The van der Waals surface area contributed by atoms with Crippen LogP contribution in [0.4, 0.5) is 0 Å². The number of hydrogen-bond acceptors (Lipinski definition) is 0. The second-order valence-electron chi connectivity index (χ2n) is 27.3. The second kappa shape index (κ2) is 18.6. The Morgan fingerprint density at radius 2 is 0.250 bits per heavy atom. The minimum absolute atomic E-state index is 1.27. The molecule has 0 nitrogen and oxygen atoms in total.